The highest BCUT2D eigenvalue weighted by atomic mass is 79.9. The van der Waals surface area contributed by atoms with Crippen LogP contribution < -0.4 is 5.56 Å². The fourth-order valence-corrected chi connectivity index (χ4v) is 2.66. The third-order valence-electron chi connectivity index (χ3n) is 2.32. The van der Waals surface area contributed by atoms with Gasteiger partial charge in [0.2, 0.25) is 0 Å². The smallest absolute Gasteiger partial charge is 0.268 e. The van der Waals surface area contributed by atoms with E-state index in [-0.39, 0.29) is 17.9 Å². The van der Waals surface area contributed by atoms with Gasteiger partial charge in [-0.2, -0.15) is 0 Å². The van der Waals surface area contributed by atoms with Crippen LogP contribution in [0, 0.1) is 6.92 Å². The predicted molar refractivity (Wildman–Crippen MR) is 74.6 cm³/mol. The Morgan fingerprint density at radius 3 is 2.89 bits per heavy atom. The monoisotopic (exact) mass is 346 g/mol. The highest BCUT2D eigenvalue weighted by Crippen LogP contribution is 2.22. The molecule has 0 bridgehead atoms. The molecule has 94 valence electrons. The summed E-state index contributed by atoms with van der Waals surface area (Å²) < 4.78 is 2.20. The molecule has 0 saturated carbocycles. The van der Waals surface area contributed by atoms with Crippen LogP contribution in [-0.2, 0) is 6.54 Å². The first kappa shape index (κ1) is 13.5. The number of aryl methyl sites for hydroxylation is 1. The summed E-state index contributed by atoms with van der Waals surface area (Å²) in [6.07, 6.45) is 1.37. The second kappa shape index (κ2) is 5.34. The molecule has 0 aliphatic rings. The van der Waals surface area contributed by atoms with Crippen molar-refractivity contribution in [1.29, 1.82) is 0 Å². The number of hydrogen-bond donors (Lipinski definition) is 0. The SMILES string of the molecule is Cc1ncn(CC(=O)c2ccc(Cl)s2)c(=O)c1Br. The maximum absolute atomic E-state index is 11.9. The molecule has 2 rings (SSSR count). The zero-order valence-electron chi connectivity index (χ0n) is 9.31. The van der Waals surface area contributed by atoms with Gasteiger partial charge in [0, 0.05) is 0 Å². The topological polar surface area (TPSA) is 52.0 Å². The number of rotatable bonds is 3. The molecule has 4 nitrogen and oxygen atoms in total. The van der Waals surface area contributed by atoms with Gasteiger partial charge in [-0.1, -0.05) is 11.6 Å². The van der Waals surface area contributed by atoms with E-state index < -0.39 is 0 Å². The minimum atomic E-state index is -0.265. The Labute approximate surface area is 120 Å². The van der Waals surface area contributed by atoms with Crippen LogP contribution in [0.25, 0.3) is 0 Å². The Kier molecular flexibility index (Phi) is 3.99. The first-order valence-electron chi connectivity index (χ1n) is 4.99. The van der Waals surface area contributed by atoms with E-state index in [0.717, 1.165) is 0 Å². The van der Waals surface area contributed by atoms with Gasteiger partial charge in [-0.25, -0.2) is 4.98 Å². The summed E-state index contributed by atoms with van der Waals surface area (Å²) in [5.74, 6) is -0.161. The van der Waals surface area contributed by atoms with Crippen molar-refractivity contribution >= 4 is 44.7 Å². The van der Waals surface area contributed by atoms with Crippen molar-refractivity contribution in [2.75, 3.05) is 0 Å². The number of aromatic nitrogens is 2. The van der Waals surface area contributed by atoms with Crippen LogP contribution in [0.3, 0.4) is 0 Å². The van der Waals surface area contributed by atoms with Gasteiger partial charge in [0.05, 0.1) is 27.8 Å². The van der Waals surface area contributed by atoms with Crippen LogP contribution in [-0.4, -0.2) is 15.3 Å². The lowest BCUT2D eigenvalue weighted by molar-refractivity contribution is 0.0974. The number of ketones is 1. The van der Waals surface area contributed by atoms with Crippen LogP contribution in [0.2, 0.25) is 4.34 Å². The zero-order valence-corrected chi connectivity index (χ0v) is 12.5. The molecule has 0 aliphatic carbocycles. The fraction of sp³-hybridized carbons (Fsp3) is 0.182. The van der Waals surface area contributed by atoms with Gasteiger partial charge in [0.15, 0.2) is 5.78 Å². The van der Waals surface area contributed by atoms with Crippen LogP contribution in [0.15, 0.2) is 27.7 Å². The van der Waals surface area contributed by atoms with E-state index in [2.05, 4.69) is 20.9 Å². The Bertz CT molecular complexity index is 665. The quantitative estimate of drug-likeness (QED) is 0.802. The first-order chi connectivity index (χ1) is 8.49. The number of carbonyl (C=O) groups is 1. The second-order valence-corrected chi connectivity index (χ2v) is 6.11. The van der Waals surface area contributed by atoms with Gasteiger partial charge in [-0.3, -0.25) is 14.2 Å². The summed E-state index contributed by atoms with van der Waals surface area (Å²) in [4.78, 5) is 28.4. The average molecular weight is 348 g/mol. The van der Waals surface area contributed by atoms with Crippen molar-refractivity contribution in [3.05, 3.63) is 48.2 Å². The van der Waals surface area contributed by atoms with Gasteiger partial charge in [-0.05, 0) is 35.0 Å². The molecule has 0 unspecified atom stereocenters. The number of nitrogens with zero attached hydrogens (tertiary/aromatic N) is 2. The molecule has 2 heterocycles. The number of thiophene rings is 1. The molecule has 0 atom stereocenters. The Morgan fingerprint density at radius 2 is 2.28 bits per heavy atom. The molecule has 7 heteroatoms. The van der Waals surface area contributed by atoms with E-state index in [4.69, 9.17) is 11.6 Å². The van der Waals surface area contributed by atoms with Crippen LogP contribution >= 0.6 is 38.9 Å². The molecule has 0 amide bonds. The maximum atomic E-state index is 11.9. The lowest BCUT2D eigenvalue weighted by Crippen LogP contribution is -2.25. The van der Waals surface area contributed by atoms with E-state index in [1.54, 1.807) is 19.1 Å². The van der Waals surface area contributed by atoms with Crippen molar-refractivity contribution in [3.63, 3.8) is 0 Å². The van der Waals surface area contributed by atoms with Crippen molar-refractivity contribution in [2.24, 2.45) is 0 Å². The minimum Gasteiger partial charge on any atom is -0.291 e. The van der Waals surface area contributed by atoms with Crippen LogP contribution in [0.4, 0.5) is 0 Å². The summed E-state index contributed by atoms with van der Waals surface area (Å²) in [6, 6.07) is 3.31. The Balaban J connectivity index is 2.28. The molecule has 0 aromatic carbocycles. The predicted octanol–water partition coefficient (Wildman–Crippen LogP) is 2.91. The van der Waals surface area contributed by atoms with Gasteiger partial charge >= 0.3 is 0 Å². The summed E-state index contributed by atoms with van der Waals surface area (Å²) in [5.41, 5.74) is 0.335. The van der Waals surface area contributed by atoms with Crippen LogP contribution in [0.5, 0.6) is 0 Å². The summed E-state index contributed by atoms with van der Waals surface area (Å²) in [7, 11) is 0. The molecule has 0 fully saturated rings. The molecule has 18 heavy (non-hydrogen) atoms. The van der Waals surface area contributed by atoms with Crippen molar-refractivity contribution in [1.82, 2.24) is 9.55 Å². The maximum Gasteiger partial charge on any atom is 0.268 e. The molecular formula is C11H8BrClN2O2S. The van der Waals surface area contributed by atoms with E-state index in [9.17, 15) is 9.59 Å². The largest absolute Gasteiger partial charge is 0.291 e. The van der Waals surface area contributed by atoms with Gasteiger partial charge in [0.1, 0.15) is 4.47 Å². The second-order valence-electron chi connectivity index (χ2n) is 3.60. The van der Waals surface area contributed by atoms with Gasteiger partial charge < -0.3 is 0 Å². The minimum absolute atomic E-state index is 0.0401. The Hall–Kier alpha value is -0.980. The lowest BCUT2D eigenvalue weighted by Gasteiger charge is -2.05. The molecule has 2 aromatic heterocycles. The highest BCUT2D eigenvalue weighted by molar-refractivity contribution is 9.10. The summed E-state index contributed by atoms with van der Waals surface area (Å²) in [5, 5.41) is 0. The molecular weight excluding hydrogens is 340 g/mol. The van der Waals surface area contributed by atoms with Gasteiger partial charge in [-0.15, -0.1) is 11.3 Å². The number of carbonyl (C=O) groups excluding carboxylic acids is 1. The molecule has 0 spiro atoms. The highest BCUT2D eigenvalue weighted by Gasteiger charge is 2.12. The fourth-order valence-electron chi connectivity index (χ4n) is 1.36. The number of hydrogen-bond acceptors (Lipinski definition) is 4. The zero-order chi connectivity index (χ0) is 13.3. The Morgan fingerprint density at radius 1 is 1.56 bits per heavy atom. The lowest BCUT2D eigenvalue weighted by atomic mass is 10.3. The third kappa shape index (κ3) is 2.71. The number of halogens is 2. The summed E-state index contributed by atoms with van der Waals surface area (Å²) in [6.45, 7) is 1.68. The van der Waals surface area contributed by atoms with E-state index >= 15 is 0 Å². The summed E-state index contributed by atoms with van der Waals surface area (Å²) >= 11 is 10.1. The third-order valence-corrected chi connectivity index (χ3v) is 4.50. The van der Waals surface area contributed by atoms with E-state index in [1.807, 2.05) is 0 Å². The first-order valence-corrected chi connectivity index (χ1v) is 6.98. The van der Waals surface area contributed by atoms with Gasteiger partial charge in [0.25, 0.3) is 5.56 Å². The number of Topliss-reactive ketones (excluding diaryl/α,β-unsaturated/α-hetero) is 1. The molecule has 0 N–H and O–H groups in total. The van der Waals surface area contributed by atoms with Crippen molar-refractivity contribution < 1.29 is 4.79 Å². The van der Waals surface area contributed by atoms with E-state index in [0.29, 0.717) is 19.4 Å². The van der Waals surface area contributed by atoms with Crippen molar-refractivity contribution in [2.45, 2.75) is 13.5 Å². The van der Waals surface area contributed by atoms with E-state index in [1.165, 1.54) is 22.2 Å². The van der Waals surface area contributed by atoms with Crippen LogP contribution in [0.1, 0.15) is 15.4 Å². The average Bonchev–Trinajstić information content (AvgIpc) is 2.77. The molecule has 2 aromatic rings. The standard InChI is InChI=1S/C11H8BrClN2O2S/c1-6-10(12)11(17)15(5-14-6)4-7(16)8-2-3-9(13)18-8/h2-3,5H,4H2,1H3. The molecule has 0 saturated heterocycles. The molecule has 0 aliphatic heterocycles. The normalized spacial score (nSPS) is 10.6. The molecule has 0 radical (unpaired) electrons. The van der Waals surface area contributed by atoms with Crippen molar-refractivity contribution in [3.8, 4) is 0 Å².